The predicted molar refractivity (Wildman–Crippen MR) is 140 cm³/mol. The molecule has 2 amide bonds. The summed E-state index contributed by atoms with van der Waals surface area (Å²) in [7, 11) is -3.77. The van der Waals surface area contributed by atoms with E-state index in [1.54, 1.807) is 49.4 Å². The lowest BCUT2D eigenvalue weighted by atomic mass is 10.1. The molecular formula is C25H31Cl2N3O4S. The minimum atomic E-state index is -3.77. The Morgan fingerprint density at radius 1 is 1.09 bits per heavy atom. The van der Waals surface area contributed by atoms with Crippen LogP contribution in [0.3, 0.4) is 0 Å². The summed E-state index contributed by atoms with van der Waals surface area (Å²) < 4.78 is 26.2. The number of halogens is 2. The van der Waals surface area contributed by atoms with Crippen molar-refractivity contribution in [1.29, 1.82) is 0 Å². The molecule has 3 rings (SSSR count). The standard InChI is InChI=1S/C25H31Cl2N3O4S/c1-17-8-12-22(13-9-17)30(35(3,33)34)16-24(31)29(15-19-10-11-20(26)14-23(19)27)18(2)25(32)28-21-6-4-5-7-21/h8-14,18,21H,4-7,15-16H2,1-3H3,(H,28,32). The molecular weight excluding hydrogens is 509 g/mol. The molecule has 1 unspecified atom stereocenters. The van der Waals surface area contributed by atoms with Gasteiger partial charge in [0.15, 0.2) is 0 Å². The van der Waals surface area contributed by atoms with Crippen LogP contribution in [-0.4, -0.2) is 50.0 Å². The Hall–Kier alpha value is -2.29. The first-order chi connectivity index (χ1) is 16.5. The Bertz CT molecular complexity index is 1170. The number of hydrogen-bond acceptors (Lipinski definition) is 4. The second kappa shape index (κ2) is 11.6. The molecule has 35 heavy (non-hydrogen) atoms. The summed E-state index contributed by atoms with van der Waals surface area (Å²) in [5.74, 6) is -0.798. The number of nitrogens with zero attached hydrogens (tertiary/aromatic N) is 2. The molecule has 1 N–H and O–H groups in total. The normalized spacial score (nSPS) is 15.0. The van der Waals surface area contributed by atoms with Crippen molar-refractivity contribution in [2.24, 2.45) is 0 Å². The first-order valence-corrected chi connectivity index (χ1v) is 14.1. The molecule has 0 saturated heterocycles. The summed E-state index contributed by atoms with van der Waals surface area (Å²) >= 11 is 12.4. The lowest BCUT2D eigenvalue weighted by Crippen LogP contribution is -2.52. The molecule has 1 fully saturated rings. The number of sulfonamides is 1. The van der Waals surface area contributed by atoms with E-state index in [0.29, 0.717) is 21.3 Å². The molecule has 0 aromatic heterocycles. The Kier molecular flexibility index (Phi) is 9.07. The van der Waals surface area contributed by atoms with E-state index in [2.05, 4.69) is 5.32 Å². The van der Waals surface area contributed by atoms with Gasteiger partial charge in [0, 0.05) is 22.6 Å². The van der Waals surface area contributed by atoms with E-state index in [1.807, 2.05) is 6.92 Å². The maximum atomic E-state index is 13.6. The molecule has 0 bridgehead atoms. The van der Waals surface area contributed by atoms with Gasteiger partial charge in [0.2, 0.25) is 21.8 Å². The van der Waals surface area contributed by atoms with Gasteiger partial charge in [-0.1, -0.05) is 59.8 Å². The van der Waals surface area contributed by atoms with Gasteiger partial charge in [-0.15, -0.1) is 0 Å². The molecule has 0 aliphatic heterocycles. The molecule has 10 heteroatoms. The highest BCUT2D eigenvalue weighted by atomic mass is 35.5. The number of nitrogens with one attached hydrogen (secondary N) is 1. The molecule has 7 nitrogen and oxygen atoms in total. The van der Waals surface area contributed by atoms with Crippen LogP contribution >= 0.6 is 23.2 Å². The monoisotopic (exact) mass is 539 g/mol. The number of carbonyl (C=O) groups excluding carboxylic acids is 2. The lowest BCUT2D eigenvalue weighted by molar-refractivity contribution is -0.139. The molecule has 1 aliphatic carbocycles. The van der Waals surface area contributed by atoms with Gasteiger partial charge < -0.3 is 10.2 Å². The summed E-state index contributed by atoms with van der Waals surface area (Å²) in [6.45, 7) is 3.11. The number of benzene rings is 2. The lowest BCUT2D eigenvalue weighted by Gasteiger charge is -2.32. The van der Waals surface area contributed by atoms with Crippen molar-refractivity contribution in [3.63, 3.8) is 0 Å². The average molecular weight is 541 g/mol. The third-order valence-electron chi connectivity index (χ3n) is 6.23. The van der Waals surface area contributed by atoms with Gasteiger partial charge in [-0.3, -0.25) is 13.9 Å². The molecule has 1 aliphatic rings. The van der Waals surface area contributed by atoms with Gasteiger partial charge in [0.05, 0.1) is 11.9 Å². The maximum Gasteiger partial charge on any atom is 0.244 e. The van der Waals surface area contributed by atoms with Crippen molar-refractivity contribution in [1.82, 2.24) is 10.2 Å². The van der Waals surface area contributed by atoms with Crippen molar-refractivity contribution >= 4 is 50.7 Å². The fourth-order valence-electron chi connectivity index (χ4n) is 4.13. The number of aryl methyl sites for hydroxylation is 1. The Labute approximate surface area is 217 Å². The van der Waals surface area contributed by atoms with Crippen LogP contribution in [0, 0.1) is 6.92 Å². The minimum absolute atomic E-state index is 0.0274. The summed E-state index contributed by atoms with van der Waals surface area (Å²) in [6, 6.07) is 11.0. The minimum Gasteiger partial charge on any atom is -0.352 e. The summed E-state index contributed by atoms with van der Waals surface area (Å²) in [5, 5.41) is 3.83. The van der Waals surface area contributed by atoms with Crippen molar-refractivity contribution in [2.45, 2.75) is 58.2 Å². The van der Waals surface area contributed by atoms with Gasteiger partial charge in [-0.05, 0) is 56.5 Å². The van der Waals surface area contributed by atoms with Crippen LogP contribution in [0.25, 0.3) is 0 Å². The molecule has 0 radical (unpaired) electrons. The van der Waals surface area contributed by atoms with E-state index in [-0.39, 0.29) is 18.5 Å². The molecule has 2 aromatic rings. The highest BCUT2D eigenvalue weighted by Gasteiger charge is 2.31. The van der Waals surface area contributed by atoms with E-state index in [4.69, 9.17) is 23.2 Å². The number of carbonyl (C=O) groups is 2. The number of rotatable bonds is 9. The summed E-state index contributed by atoms with van der Waals surface area (Å²) in [4.78, 5) is 28.0. The van der Waals surface area contributed by atoms with E-state index in [9.17, 15) is 18.0 Å². The van der Waals surface area contributed by atoms with E-state index >= 15 is 0 Å². The zero-order valence-corrected chi connectivity index (χ0v) is 22.5. The largest absolute Gasteiger partial charge is 0.352 e. The summed E-state index contributed by atoms with van der Waals surface area (Å²) in [6.07, 6.45) is 4.98. The first-order valence-electron chi connectivity index (χ1n) is 11.5. The number of hydrogen-bond donors (Lipinski definition) is 1. The van der Waals surface area contributed by atoms with Crippen LogP contribution in [0.15, 0.2) is 42.5 Å². The van der Waals surface area contributed by atoms with E-state index in [0.717, 1.165) is 41.8 Å². The average Bonchev–Trinajstić information content (AvgIpc) is 3.29. The third-order valence-corrected chi connectivity index (χ3v) is 7.95. The van der Waals surface area contributed by atoms with Gasteiger partial charge in [0.1, 0.15) is 12.6 Å². The van der Waals surface area contributed by atoms with Gasteiger partial charge in [-0.2, -0.15) is 0 Å². The fourth-order valence-corrected chi connectivity index (χ4v) is 5.45. The highest BCUT2D eigenvalue weighted by Crippen LogP contribution is 2.25. The Morgan fingerprint density at radius 3 is 2.29 bits per heavy atom. The second-order valence-corrected chi connectivity index (χ2v) is 11.8. The zero-order valence-electron chi connectivity index (χ0n) is 20.1. The van der Waals surface area contributed by atoms with Crippen LogP contribution in [0.4, 0.5) is 5.69 Å². The van der Waals surface area contributed by atoms with Crippen molar-refractivity contribution in [3.8, 4) is 0 Å². The Balaban J connectivity index is 1.89. The SMILES string of the molecule is Cc1ccc(N(CC(=O)N(Cc2ccc(Cl)cc2Cl)C(C)C(=O)NC2CCCC2)S(C)(=O)=O)cc1. The van der Waals surface area contributed by atoms with Gasteiger partial charge in [-0.25, -0.2) is 8.42 Å². The van der Waals surface area contributed by atoms with Crippen molar-refractivity contribution < 1.29 is 18.0 Å². The van der Waals surface area contributed by atoms with E-state index in [1.165, 1.54) is 4.90 Å². The van der Waals surface area contributed by atoms with E-state index < -0.39 is 28.5 Å². The molecule has 1 saturated carbocycles. The quantitative estimate of drug-likeness (QED) is 0.506. The fraction of sp³-hybridized carbons (Fsp3) is 0.440. The van der Waals surface area contributed by atoms with Crippen LogP contribution in [0.2, 0.25) is 10.0 Å². The van der Waals surface area contributed by atoms with Crippen LogP contribution in [0.5, 0.6) is 0 Å². The second-order valence-electron chi connectivity index (χ2n) is 9.03. The third kappa shape index (κ3) is 7.35. The Morgan fingerprint density at radius 2 is 1.71 bits per heavy atom. The van der Waals surface area contributed by atoms with Crippen LogP contribution in [0.1, 0.15) is 43.7 Å². The first kappa shape index (κ1) is 27.3. The molecule has 190 valence electrons. The molecule has 1 atom stereocenters. The van der Waals surface area contributed by atoms with Crippen molar-refractivity contribution in [2.75, 3.05) is 17.1 Å². The van der Waals surface area contributed by atoms with Crippen LogP contribution < -0.4 is 9.62 Å². The zero-order chi connectivity index (χ0) is 25.8. The molecule has 0 spiro atoms. The molecule has 2 aromatic carbocycles. The number of anilines is 1. The highest BCUT2D eigenvalue weighted by molar-refractivity contribution is 7.92. The molecule has 0 heterocycles. The van der Waals surface area contributed by atoms with Crippen molar-refractivity contribution in [3.05, 3.63) is 63.6 Å². The van der Waals surface area contributed by atoms with Gasteiger partial charge in [0.25, 0.3) is 0 Å². The smallest absolute Gasteiger partial charge is 0.244 e. The maximum absolute atomic E-state index is 13.6. The summed E-state index contributed by atoms with van der Waals surface area (Å²) in [5.41, 5.74) is 1.94. The number of amides is 2. The van der Waals surface area contributed by atoms with Gasteiger partial charge >= 0.3 is 0 Å². The predicted octanol–water partition coefficient (Wildman–Crippen LogP) is 4.54. The topological polar surface area (TPSA) is 86.8 Å². The van der Waals surface area contributed by atoms with Crippen LogP contribution in [-0.2, 0) is 26.2 Å².